The Hall–Kier alpha value is -1.40. The summed E-state index contributed by atoms with van der Waals surface area (Å²) in [6, 6.07) is 8.05. The molecule has 1 heterocycles. The van der Waals surface area contributed by atoms with Gasteiger partial charge >= 0.3 is 0 Å². The number of ether oxygens (including phenoxy) is 1. The van der Waals surface area contributed by atoms with Gasteiger partial charge in [0.25, 0.3) is 0 Å². The Kier molecular flexibility index (Phi) is 3.68. The molecule has 0 radical (unpaired) electrons. The summed E-state index contributed by atoms with van der Waals surface area (Å²) >= 11 is 3.31. The minimum absolute atomic E-state index is 0.227. The van der Waals surface area contributed by atoms with E-state index in [4.69, 9.17) is 4.74 Å². The van der Waals surface area contributed by atoms with Crippen molar-refractivity contribution in [1.82, 2.24) is 4.98 Å². The second kappa shape index (κ2) is 5.07. The summed E-state index contributed by atoms with van der Waals surface area (Å²) in [5, 5.41) is 0. The number of halogens is 1. The third-order valence-electron chi connectivity index (χ3n) is 2.20. The predicted octanol–water partition coefficient (Wildman–Crippen LogP) is 3.04. The van der Waals surface area contributed by atoms with Crippen LogP contribution in [0.2, 0.25) is 0 Å². The van der Waals surface area contributed by atoms with Crippen LogP contribution in [0.5, 0.6) is 11.5 Å². The first-order valence-corrected chi connectivity index (χ1v) is 7.73. The monoisotopic (exact) mass is 327 g/mol. The zero-order valence-corrected chi connectivity index (χ0v) is 11.9. The number of benzene rings is 1. The van der Waals surface area contributed by atoms with Crippen LogP contribution in [0.4, 0.5) is 0 Å². The maximum atomic E-state index is 11.4. The van der Waals surface area contributed by atoms with E-state index in [-0.39, 0.29) is 4.90 Å². The molecule has 0 bridgehead atoms. The number of nitrogens with zero attached hydrogens (tertiary/aromatic N) is 1. The lowest BCUT2D eigenvalue weighted by atomic mass is 10.3. The summed E-state index contributed by atoms with van der Waals surface area (Å²) in [5.41, 5.74) is 0. The second-order valence-electron chi connectivity index (χ2n) is 3.66. The molecule has 1 aromatic carbocycles. The van der Waals surface area contributed by atoms with Gasteiger partial charge in [-0.2, -0.15) is 0 Å². The fraction of sp³-hybridized carbons (Fsp3) is 0.0833. The Morgan fingerprint density at radius 1 is 1.28 bits per heavy atom. The first-order valence-electron chi connectivity index (χ1n) is 5.04. The van der Waals surface area contributed by atoms with Crippen molar-refractivity contribution >= 4 is 25.8 Å². The molecule has 2 rings (SSSR count). The highest BCUT2D eigenvalue weighted by molar-refractivity contribution is 9.10. The normalized spacial score (nSPS) is 11.2. The Morgan fingerprint density at radius 3 is 2.72 bits per heavy atom. The summed E-state index contributed by atoms with van der Waals surface area (Å²) < 4.78 is 29.2. The van der Waals surface area contributed by atoms with Gasteiger partial charge in [0, 0.05) is 24.7 Å². The lowest BCUT2D eigenvalue weighted by Crippen LogP contribution is -1.97. The third kappa shape index (κ3) is 3.08. The van der Waals surface area contributed by atoms with E-state index >= 15 is 0 Å². The molecule has 0 atom stereocenters. The third-order valence-corrected chi connectivity index (χ3v) is 3.90. The van der Waals surface area contributed by atoms with Crippen molar-refractivity contribution in [2.45, 2.75) is 4.90 Å². The summed E-state index contributed by atoms with van der Waals surface area (Å²) in [4.78, 5) is 4.15. The highest BCUT2D eigenvalue weighted by atomic mass is 79.9. The Labute approximate surface area is 114 Å². The van der Waals surface area contributed by atoms with Crippen LogP contribution >= 0.6 is 15.9 Å². The van der Waals surface area contributed by atoms with Crippen LogP contribution in [0, 0.1) is 0 Å². The molecule has 0 fully saturated rings. The van der Waals surface area contributed by atoms with Crippen LogP contribution in [-0.2, 0) is 9.84 Å². The average Bonchev–Trinajstić information content (AvgIpc) is 2.31. The number of sulfone groups is 1. The molecule has 0 spiro atoms. The maximum Gasteiger partial charge on any atom is 0.175 e. The molecule has 0 aliphatic rings. The molecule has 94 valence electrons. The van der Waals surface area contributed by atoms with Crippen molar-refractivity contribution in [3.63, 3.8) is 0 Å². The molecule has 6 heteroatoms. The van der Waals surface area contributed by atoms with Gasteiger partial charge in [0.15, 0.2) is 9.84 Å². The van der Waals surface area contributed by atoms with Gasteiger partial charge in [-0.25, -0.2) is 8.42 Å². The van der Waals surface area contributed by atoms with Gasteiger partial charge in [-0.3, -0.25) is 4.98 Å². The highest BCUT2D eigenvalue weighted by Crippen LogP contribution is 2.29. The molecule has 4 nitrogen and oxygen atoms in total. The van der Waals surface area contributed by atoms with Crippen molar-refractivity contribution in [3.05, 3.63) is 47.2 Å². The molecule has 0 amide bonds. The quantitative estimate of drug-likeness (QED) is 0.869. The van der Waals surface area contributed by atoms with E-state index in [2.05, 4.69) is 20.9 Å². The van der Waals surface area contributed by atoms with Crippen molar-refractivity contribution < 1.29 is 13.2 Å². The zero-order chi connectivity index (χ0) is 13.2. The van der Waals surface area contributed by atoms with Crippen LogP contribution in [0.15, 0.2) is 52.1 Å². The number of hydrogen-bond donors (Lipinski definition) is 0. The standard InChI is InChI=1S/C12H10BrNO3S/c1-18(15,16)10-4-2-3-9(7-10)17-12-5-6-14-8-11(12)13/h2-8H,1H3. The van der Waals surface area contributed by atoms with E-state index in [1.54, 1.807) is 30.6 Å². The van der Waals surface area contributed by atoms with Gasteiger partial charge in [-0.05, 0) is 34.1 Å². The Morgan fingerprint density at radius 2 is 2.06 bits per heavy atom. The topological polar surface area (TPSA) is 56.3 Å². The summed E-state index contributed by atoms with van der Waals surface area (Å²) in [5.74, 6) is 1.04. The first-order chi connectivity index (χ1) is 8.47. The number of rotatable bonds is 3. The predicted molar refractivity (Wildman–Crippen MR) is 71.6 cm³/mol. The molecule has 0 aliphatic heterocycles. The molecule has 0 saturated heterocycles. The molecule has 1 aromatic heterocycles. The lowest BCUT2D eigenvalue weighted by Gasteiger charge is -2.08. The summed E-state index contributed by atoms with van der Waals surface area (Å²) in [6.45, 7) is 0. The average molecular weight is 328 g/mol. The van der Waals surface area contributed by atoms with E-state index in [9.17, 15) is 8.42 Å². The SMILES string of the molecule is CS(=O)(=O)c1cccc(Oc2ccncc2Br)c1. The van der Waals surface area contributed by atoms with Gasteiger partial charge in [-0.1, -0.05) is 6.07 Å². The van der Waals surface area contributed by atoms with Crippen LogP contribution in [0.3, 0.4) is 0 Å². The molecular weight excluding hydrogens is 318 g/mol. The maximum absolute atomic E-state index is 11.4. The second-order valence-corrected chi connectivity index (χ2v) is 6.53. The number of hydrogen-bond acceptors (Lipinski definition) is 4. The van der Waals surface area contributed by atoms with E-state index in [1.165, 1.54) is 12.1 Å². The van der Waals surface area contributed by atoms with Crippen LogP contribution in [0.25, 0.3) is 0 Å². The van der Waals surface area contributed by atoms with Crippen LogP contribution in [0.1, 0.15) is 0 Å². The fourth-order valence-electron chi connectivity index (χ4n) is 1.34. The van der Waals surface area contributed by atoms with Crippen molar-refractivity contribution in [2.75, 3.05) is 6.26 Å². The minimum atomic E-state index is -3.23. The zero-order valence-electron chi connectivity index (χ0n) is 9.50. The molecule has 0 aliphatic carbocycles. The van der Waals surface area contributed by atoms with Crippen LogP contribution < -0.4 is 4.74 Å². The lowest BCUT2D eigenvalue weighted by molar-refractivity contribution is 0.477. The highest BCUT2D eigenvalue weighted by Gasteiger charge is 2.09. The van der Waals surface area contributed by atoms with Gasteiger partial charge in [0.05, 0.1) is 9.37 Å². The largest absolute Gasteiger partial charge is 0.456 e. The number of pyridine rings is 1. The van der Waals surface area contributed by atoms with Crippen molar-refractivity contribution in [1.29, 1.82) is 0 Å². The molecule has 0 unspecified atom stereocenters. The van der Waals surface area contributed by atoms with Crippen LogP contribution in [-0.4, -0.2) is 19.7 Å². The minimum Gasteiger partial charge on any atom is -0.456 e. The van der Waals surface area contributed by atoms with E-state index in [0.717, 1.165) is 6.26 Å². The summed E-state index contributed by atoms with van der Waals surface area (Å²) in [7, 11) is -3.23. The Bertz CT molecular complexity index is 671. The Balaban J connectivity index is 2.34. The van der Waals surface area contributed by atoms with Gasteiger partial charge < -0.3 is 4.74 Å². The molecule has 0 saturated carbocycles. The summed E-state index contributed by atoms with van der Waals surface area (Å²) in [6.07, 6.45) is 4.37. The van der Waals surface area contributed by atoms with Gasteiger partial charge in [0.1, 0.15) is 11.5 Å². The molecule has 2 aromatic rings. The van der Waals surface area contributed by atoms with E-state index < -0.39 is 9.84 Å². The van der Waals surface area contributed by atoms with Crippen molar-refractivity contribution in [3.8, 4) is 11.5 Å². The van der Waals surface area contributed by atoms with Gasteiger partial charge in [-0.15, -0.1) is 0 Å². The fourth-order valence-corrected chi connectivity index (χ4v) is 2.33. The van der Waals surface area contributed by atoms with Crippen molar-refractivity contribution in [2.24, 2.45) is 0 Å². The number of aromatic nitrogens is 1. The van der Waals surface area contributed by atoms with E-state index in [1.807, 2.05) is 0 Å². The molecule has 0 N–H and O–H groups in total. The van der Waals surface area contributed by atoms with Gasteiger partial charge in [0.2, 0.25) is 0 Å². The smallest absolute Gasteiger partial charge is 0.175 e. The molecular formula is C12H10BrNO3S. The first kappa shape index (κ1) is 13.0. The molecule has 18 heavy (non-hydrogen) atoms. The van der Waals surface area contributed by atoms with E-state index in [0.29, 0.717) is 16.0 Å².